The normalized spacial score (nSPS) is 14.4. The molecule has 6 heteroatoms. The Bertz CT molecular complexity index is 726. The van der Waals surface area contributed by atoms with Gasteiger partial charge in [-0.05, 0) is 37.6 Å². The molecule has 1 aliphatic rings. The molecule has 1 aromatic heterocycles. The minimum absolute atomic E-state index is 0.850. The monoisotopic (exact) mass is 369 g/mol. The van der Waals surface area contributed by atoms with Gasteiger partial charge in [0.05, 0.1) is 7.11 Å². The first-order valence-electron chi connectivity index (χ1n) is 9.81. The van der Waals surface area contributed by atoms with Crippen LogP contribution in [0.5, 0.6) is 5.75 Å². The van der Waals surface area contributed by atoms with E-state index in [4.69, 9.17) is 14.7 Å². The van der Waals surface area contributed by atoms with E-state index in [0.29, 0.717) is 0 Å². The summed E-state index contributed by atoms with van der Waals surface area (Å²) in [6, 6.07) is 10.4. The molecule has 0 atom stereocenters. The zero-order valence-electron chi connectivity index (χ0n) is 17.0. The van der Waals surface area contributed by atoms with Crippen LogP contribution in [0.2, 0.25) is 0 Å². The second-order valence-electron chi connectivity index (χ2n) is 7.11. The van der Waals surface area contributed by atoms with Crippen LogP contribution in [0.25, 0.3) is 0 Å². The van der Waals surface area contributed by atoms with E-state index < -0.39 is 0 Å². The predicted octanol–water partition coefficient (Wildman–Crippen LogP) is 3.36. The number of methoxy groups -OCH3 is 1. The molecule has 0 unspecified atom stereocenters. The van der Waals surface area contributed by atoms with E-state index >= 15 is 0 Å². The van der Waals surface area contributed by atoms with E-state index in [0.717, 1.165) is 55.9 Å². The van der Waals surface area contributed by atoms with Crippen LogP contribution < -0.4 is 19.4 Å². The lowest BCUT2D eigenvalue weighted by Gasteiger charge is -2.36. The molecule has 0 aliphatic carbocycles. The van der Waals surface area contributed by atoms with Crippen LogP contribution in [0.3, 0.4) is 0 Å². The van der Waals surface area contributed by atoms with Crippen molar-refractivity contribution in [2.45, 2.75) is 26.7 Å². The number of ether oxygens (including phenoxy) is 1. The molecule has 0 radical (unpaired) electrons. The van der Waals surface area contributed by atoms with Gasteiger partial charge in [-0.3, -0.25) is 0 Å². The van der Waals surface area contributed by atoms with Crippen LogP contribution in [0, 0.1) is 6.92 Å². The van der Waals surface area contributed by atoms with Crippen molar-refractivity contribution in [2.75, 3.05) is 61.6 Å². The number of aromatic nitrogens is 2. The second kappa shape index (κ2) is 8.93. The number of rotatable bonds is 7. The van der Waals surface area contributed by atoms with E-state index in [9.17, 15) is 0 Å². The van der Waals surface area contributed by atoms with Gasteiger partial charge in [-0.25, -0.2) is 4.98 Å². The number of anilines is 3. The number of aryl methyl sites for hydroxylation is 1. The lowest BCUT2D eigenvalue weighted by molar-refractivity contribution is 0.415. The average molecular weight is 370 g/mol. The van der Waals surface area contributed by atoms with E-state index in [1.807, 2.05) is 12.1 Å². The summed E-state index contributed by atoms with van der Waals surface area (Å²) in [5, 5.41) is 0. The van der Waals surface area contributed by atoms with E-state index in [1.54, 1.807) is 7.11 Å². The Morgan fingerprint density at radius 1 is 1.04 bits per heavy atom. The van der Waals surface area contributed by atoms with Gasteiger partial charge >= 0.3 is 0 Å². The van der Waals surface area contributed by atoms with Crippen LogP contribution in [-0.4, -0.2) is 56.8 Å². The largest absolute Gasteiger partial charge is 0.497 e. The highest BCUT2D eigenvalue weighted by Gasteiger charge is 2.20. The maximum Gasteiger partial charge on any atom is 0.227 e. The Morgan fingerprint density at radius 2 is 1.70 bits per heavy atom. The van der Waals surface area contributed by atoms with Gasteiger partial charge in [0.1, 0.15) is 11.6 Å². The number of piperazine rings is 1. The second-order valence-corrected chi connectivity index (χ2v) is 7.11. The molecule has 1 aromatic carbocycles. The average Bonchev–Trinajstić information content (AvgIpc) is 2.71. The Labute approximate surface area is 162 Å². The Morgan fingerprint density at radius 3 is 2.33 bits per heavy atom. The number of benzene rings is 1. The SMILES string of the molecule is CCCCN(C)c1cc(C)nc(N2CCN(c3ccc(OC)cc3)CC2)n1. The third-order valence-electron chi connectivity index (χ3n) is 5.07. The lowest BCUT2D eigenvalue weighted by Crippen LogP contribution is -2.47. The van der Waals surface area contributed by atoms with Crippen LogP contribution in [-0.2, 0) is 0 Å². The van der Waals surface area contributed by atoms with Crippen LogP contribution >= 0.6 is 0 Å². The highest BCUT2D eigenvalue weighted by molar-refractivity contribution is 5.51. The van der Waals surface area contributed by atoms with Gasteiger partial charge in [0, 0.05) is 57.2 Å². The van der Waals surface area contributed by atoms with Gasteiger partial charge in [-0.15, -0.1) is 0 Å². The molecule has 1 saturated heterocycles. The molecule has 27 heavy (non-hydrogen) atoms. The molecule has 146 valence electrons. The van der Waals surface area contributed by atoms with Crippen molar-refractivity contribution in [1.82, 2.24) is 9.97 Å². The number of unbranched alkanes of at least 4 members (excludes halogenated alkanes) is 1. The van der Waals surface area contributed by atoms with Crippen molar-refractivity contribution >= 4 is 17.5 Å². The summed E-state index contributed by atoms with van der Waals surface area (Å²) in [5.74, 6) is 2.76. The predicted molar refractivity (Wildman–Crippen MR) is 112 cm³/mol. The standard InChI is InChI=1S/C21H31N5O/c1-5-6-11-24(3)20-16-17(2)22-21(23-20)26-14-12-25(13-15-26)18-7-9-19(27-4)10-8-18/h7-10,16H,5-6,11-15H2,1-4H3. The molecule has 0 N–H and O–H groups in total. The van der Waals surface area contributed by atoms with Gasteiger partial charge in [0.25, 0.3) is 0 Å². The number of nitrogens with zero attached hydrogens (tertiary/aromatic N) is 5. The molecular formula is C21H31N5O. The van der Waals surface area contributed by atoms with Gasteiger partial charge in [0.15, 0.2) is 0 Å². The summed E-state index contributed by atoms with van der Waals surface area (Å²) >= 11 is 0. The molecule has 2 heterocycles. The lowest BCUT2D eigenvalue weighted by atomic mass is 10.2. The Balaban J connectivity index is 1.65. The van der Waals surface area contributed by atoms with Crippen LogP contribution in [0.4, 0.5) is 17.5 Å². The summed E-state index contributed by atoms with van der Waals surface area (Å²) in [4.78, 5) is 16.5. The van der Waals surface area contributed by atoms with Crippen LogP contribution in [0.1, 0.15) is 25.5 Å². The fourth-order valence-electron chi connectivity index (χ4n) is 3.34. The molecule has 2 aromatic rings. The van der Waals surface area contributed by atoms with Crippen molar-refractivity contribution < 1.29 is 4.74 Å². The van der Waals surface area contributed by atoms with Crippen molar-refractivity contribution in [1.29, 1.82) is 0 Å². The molecule has 0 saturated carbocycles. The van der Waals surface area contributed by atoms with E-state index in [-0.39, 0.29) is 0 Å². The number of hydrogen-bond donors (Lipinski definition) is 0. The molecule has 1 aliphatic heterocycles. The molecular weight excluding hydrogens is 338 g/mol. The summed E-state index contributed by atoms with van der Waals surface area (Å²) in [6.45, 7) is 9.07. The van der Waals surface area contributed by atoms with Crippen molar-refractivity contribution in [3.8, 4) is 5.75 Å². The summed E-state index contributed by atoms with van der Waals surface area (Å²) in [7, 11) is 3.81. The molecule has 0 amide bonds. The topological polar surface area (TPSA) is 44.7 Å². The Hall–Kier alpha value is -2.50. The highest BCUT2D eigenvalue weighted by Crippen LogP contribution is 2.23. The smallest absolute Gasteiger partial charge is 0.227 e. The zero-order chi connectivity index (χ0) is 19.2. The van der Waals surface area contributed by atoms with E-state index in [2.05, 4.69) is 53.8 Å². The maximum absolute atomic E-state index is 5.25. The minimum Gasteiger partial charge on any atom is -0.497 e. The van der Waals surface area contributed by atoms with Crippen molar-refractivity contribution in [2.24, 2.45) is 0 Å². The molecule has 0 bridgehead atoms. The molecule has 6 nitrogen and oxygen atoms in total. The van der Waals surface area contributed by atoms with E-state index in [1.165, 1.54) is 18.5 Å². The summed E-state index contributed by atoms with van der Waals surface area (Å²) < 4.78 is 5.25. The summed E-state index contributed by atoms with van der Waals surface area (Å²) in [6.07, 6.45) is 2.37. The highest BCUT2D eigenvalue weighted by atomic mass is 16.5. The van der Waals surface area contributed by atoms with Crippen molar-refractivity contribution in [3.05, 3.63) is 36.0 Å². The van der Waals surface area contributed by atoms with Crippen LogP contribution in [0.15, 0.2) is 30.3 Å². The summed E-state index contributed by atoms with van der Waals surface area (Å²) in [5.41, 5.74) is 2.26. The minimum atomic E-state index is 0.850. The molecule has 1 fully saturated rings. The van der Waals surface area contributed by atoms with Crippen molar-refractivity contribution in [3.63, 3.8) is 0 Å². The molecule has 3 rings (SSSR count). The van der Waals surface area contributed by atoms with Gasteiger partial charge in [0.2, 0.25) is 5.95 Å². The quantitative estimate of drug-likeness (QED) is 0.746. The van der Waals surface area contributed by atoms with Gasteiger partial charge in [-0.2, -0.15) is 4.98 Å². The maximum atomic E-state index is 5.25. The van der Waals surface area contributed by atoms with Gasteiger partial charge in [-0.1, -0.05) is 13.3 Å². The fraction of sp³-hybridized carbons (Fsp3) is 0.524. The zero-order valence-corrected chi connectivity index (χ0v) is 17.0. The Kier molecular flexibility index (Phi) is 6.37. The third kappa shape index (κ3) is 4.81. The van der Waals surface area contributed by atoms with Gasteiger partial charge < -0.3 is 19.4 Å². The fourth-order valence-corrected chi connectivity index (χ4v) is 3.34. The third-order valence-corrected chi connectivity index (χ3v) is 5.07. The number of hydrogen-bond acceptors (Lipinski definition) is 6. The first kappa shape index (κ1) is 19.3. The molecule has 0 spiro atoms. The first-order chi connectivity index (χ1) is 13.1. The first-order valence-corrected chi connectivity index (χ1v) is 9.81.